The topological polar surface area (TPSA) is 21.6 Å². The number of oxime groups is 1. The maximum atomic E-state index is 13.1. The van der Waals surface area contributed by atoms with Gasteiger partial charge in [-0.1, -0.05) is 37.5 Å². The maximum absolute atomic E-state index is 13.1. The van der Waals surface area contributed by atoms with E-state index < -0.39 is 11.7 Å². The molecule has 0 amide bonds. The van der Waals surface area contributed by atoms with Crippen molar-refractivity contribution < 1.29 is 18.0 Å². The minimum absolute atomic E-state index is 0.0246. The lowest BCUT2D eigenvalue weighted by Gasteiger charge is -2.16. The molecule has 0 aliphatic heterocycles. The maximum Gasteiger partial charge on any atom is 0.417 e. The van der Waals surface area contributed by atoms with Gasteiger partial charge in [-0.2, -0.15) is 13.2 Å². The molecule has 0 bridgehead atoms. The summed E-state index contributed by atoms with van der Waals surface area (Å²) in [7, 11) is 0. The molecule has 1 rings (SSSR count). The molecule has 0 N–H and O–H groups in total. The Balaban J connectivity index is 3.21. The van der Waals surface area contributed by atoms with E-state index in [-0.39, 0.29) is 22.4 Å². The largest absolute Gasteiger partial charge is 0.417 e. The fourth-order valence-electron chi connectivity index (χ4n) is 1.88. The molecule has 0 radical (unpaired) electrons. The minimum Gasteiger partial charge on any atom is -0.392 e. The average molecular weight is 322 g/mol. The summed E-state index contributed by atoms with van der Waals surface area (Å²) in [6.45, 7) is 5.61. The van der Waals surface area contributed by atoms with Crippen LogP contribution in [0, 0.1) is 0 Å². The number of hydrogen-bond donors (Lipinski definition) is 0. The first-order chi connectivity index (χ1) is 9.83. The second kappa shape index (κ2) is 7.69. The van der Waals surface area contributed by atoms with Crippen molar-refractivity contribution in [3.8, 4) is 0 Å². The molecule has 0 saturated carbocycles. The lowest BCUT2D eigenvalue weighted by molar-refractivity contribution is -0.137. The molecule has 2 nitrogen and oxygen atoms in total. The van der Waals surface area contributed by atoms with Crippen LogP contribution in [0.4, 0.5) is 13.2 Å². The van der Waals surface area contributed by atoms with E-state index >= 15 is 0 Å². The Hall–Kier alpha value is -1.23. The number of benzene rings is 1. The van der Waals surface area contributed by atoms with E-state index in [1.54, 1.807) is 6.92 Å². The molecule has 0 fully saturated rings. The van der Waals surface area contributed by atoms with Gasteiger partial charge in [-0.05, 0) is 37.5 Å². The lowest BCUT2D eigenvalue weighted by atomic mass is 10.0. The molecular weight excluding hydrogens is 303 g/mol. The number of halogens is 4. The van der Waals surface area contributed by atoms with Gasteiger partial charge < -0.3 is 4.84 Å². The summed E-state index contributed by atoms with van der Waals surface area (Å²) in [5, 5.41) is 4.17. The van der Waals surface area contributed by atoms with E-state index in [4.69, 9.17) is 16.4 Å². The molecule has 21 heavy (non-hydrogen) atoms. The fraction of sp³-hybridized carbons (Fsp3) is 0.533. The first-order valence-electron chi connectivity index (χ1n) is 6.93. The highest BCUT2D eigenvalue weighted by atomic mass is 35.5. The van der Waals surface area contributed by atoms with Gasteiger partial charge in [0.15, 0.2) is 0 Å². The molecule has 0 aromatic heterocycles. The van der Waals surface area contributed by atoms with Gasteiger partial charge in [0, 0.05) is 10.6 Å². The number of rotatable bonds is 6. The fourth-order valence-corrected chi connectivity index (χ4v) is 2.05. The third-order valence-electron chi connectivity index (χ3n) is 3.16. The van der Waals surface area contributed by atoms with Gasteiger partial charge in [0.25, 0.3) is 0 Å². The Labute approximate surface area is 127 Å². The molecule has 1 aromatic carbocycles. The zero-order chi connectivity index (χ0) is 16.0. The van der Waals surface area contributed by atoms with E-state index in [0.717, 1.165) is 18.9 Å². The van der Waals surface area contributed by atoms with Gasteiger partial charge in [0.1, 0.15) is 6.10 Å². The average Bonchev–Trinajstić information content (AvgIpc) is 2.42. The van der Waals surface area contributed by atoms with Crippen molar-refractivity contribution in [3.05, 3.63) is 34.3 Å². The van der Waals surface area contributed by atoms with Crippen LogP contribution >= 0.6 is 11.6 Å². The van der Waals surface area contributed by atoms with Crippen LogP contribution in [0.2, 0.25) is 5.02 Å². The van der Waals surface area contributed by atoms with Crippen LogP contribution < -0.4 is 0 Å². The summed E-state index contributed by atoms with van der Waals surface area (Å²) < 4.78 is 39.2. The Bertz CT molecular complexity index is 496. The molecule has 0 spiro atoms. The van der Waals surface area contributed by atoms with E-state index in [9.17, 15) is 13.2 Å². The number of nitrogens with zero attached hydrogens (tertiary/aromatic N) is 1. The van der Waals surface area contributed by atoms with E-state index in [2.05, 4.69) is 5.16 Å². The van der Waals surface area contributed by atoms with Gasteiger partial charge >= 0.3 is 6.18 Å². The summed E-state index contributed by atoms with van der Waals surface area (Å²) in [5.74, 6) is 0. The van der Waals surface area contributed by atoms with Gasteiger partial charge in [-0.3, -0.25) is 0 Å². The first-order valence-corrected chi connectivity index (χ1v) is 7.31. The zero-order valence-corrected chi connectivity index (χ0v) is 13.1. The molecule has 118 valence electrons. The van der Waals surface area contributed by atoms with Crippen molar-refractivity contribution >= 4 is 17.3 Å². The van der Waals surface area contributed by atoms with Crippen LogP contribution in [-0.4, -0.2) is 11.8 Å². The van der Waals surface area contributed by atoms with Crippen molar-refractivity contribution in [1.29, 1.82) is 0 Å². The van der Waals surface area contributed by atoms with Crippen molar-refractivity contribution in [1.82, 2.24) is 0 Å². The summed E-state index contributed by atoms with van der Waals surface area (Å²) in [6, 6.07) is 3.48. The van der Waals surface area contributed by atoms with Crippen LogP contribution in [0.1, 0.15) is 51.2 Å². The quantitative estimate of drug-likeness (QED) is 0.488. The van der Waals surface area contributed by atoms with Gasteiger partial charge in [-0.15, -0.1) is 0 Å². The first kappa shape index (κ1) is 17.8. The summed E-state index contributed by atoms with van der Waals surface area (Å²) in [4.78, 5) is 5.33. The summed E-state index contributed by atoms with van der Waals surface area (Å²) >= 11 is 5.82. The van der Waals surface area contributed by atoms with Crippen LogP contribution in [-0.2, 0) is 11.0 Å². The highest BCUT2D eigenvalue weighted by Gasteiger charge is 2.34. The van der Waals surface area contributed by atoms with Crippen LogP contribution in [0.25, 0.3) is 0 Å². The minimum atomic E-state index is -4.45. The standard InChI is InChI=1S/C15H19ClF3NO/c1-4-11(5-2)21-20-14(6-3)12-9-10(16)7-8-13(12)15(17,18)19/h7-9,11H,4-6H2,1-3H3. The molecule has 0 unspecified atom stereocenters. The van der Waals surface area contributed by atoms with E-state index in [0.29, 0.717) is 6.42 Å². The van der Waals surface area contributed by atoms with E-state index in [1.807, 2.05) is 13.8 Å². The molecule has 0 heterocycles. The van der Waals surface area contributed by atoms with Crippen LogP contribution in [0.15, 0.2) is 23.4 Å². The predicted molar refractivity (Wildman–Crippen MR) is 78.7 cm³/mol. The van der Waals surface area contributed by atoms with Crippen LogP contribution in [0.5, 0.6) is 0 Å². The van der Waals surface area contributed by atoms with Crippen molar-refractivity contribution in [2.75, 3.05) is 0 Å². The Morgan fingerprint density at radius 2 is 1.86 bits per heavy atom. The Morgan fingerprint density at radius 1 is 1.24 bits per heavy atom. The van der Waals surface area contributed by atoms with E-state index in [1.165, 1.54) is 12.1 Å². The molecule has 0 aliphatic carbocycles. The second-order valence-electron chi connectivity index (χ2n) is 4.62. The Kier molecular flexibility index (Phi) is 6.52. The zero-order valence-electron chi connectivity index (χ0n) is 12.3. The third-order valence-corrected chi connectivity index (χ3v) is 3.39. The lowest BCUT2D eigenvalue weighted by Crippen LogP contribution is -2.15. The van der Waals surface area contributed by atoms with Gasteiger partial charge in [-0.25, -0.2) is 0 Å². The van der Waals surface area contributed by atoms with Crippen molar-refractivity contribution in [3.63, 3.8) is 0 Å². The van der Waals surface area contributed by atoms with Crippen molar-refractivity contribution in [2.45, 2.75) is 52.3 Å². The third kappa shape index (κ3) is 4.92. The SMILES string of the molecule is CCC(=NOC(CC)CC)c1cc(Cl)ccc1C(F)(F)F. The summed E-state index contributed by atoms with van der Waals surface area (Å²) in [5.41, 5.74) is -0.527. The van der Waals surface area contributed by atoms with Crippen molar-refractivity contribution in [2.24, 2.45) is 5.16 Å². The monoisotopic (exact) mass is 321 g/mol. The molecule has 0 aliphatic rings. The Morgan fingerprint density at radius 3 is 2.33 bits per heavy atom. The number of hydrogen-bond acceptors (Lipinski definition) is 2. The molecule has 0 saturated heterocycles. The van der Waals surface area contributed by atoms with Gasteiger partial charge in [0.05, 0.1) is 11.3 Å². The molecular formula is C15H19ClF3NO. The molecule has 6 heteroatoms. The van der Waals surface area contributed by atoms with Gasteiger partial charge in [0.2, 0.25) is 0 Å². The normalized spacial score (nSPS) is 12.9. The molecule has 0 atom stereocenters. The van der Waals surface area contributed by atoms with Crippen LogP contribution in [0.3, 0.4) is 0 Å². The highest BCUT2D eigenvalue weighted by Crippen LogP contribution is 2.34. The molecule has 1 aromatic rings. The number of alkyl halides is 3. The summed E-state index contributed by atoms with van der Waals surface area (Å²) in [6.07, 6.45) is -2.73. The predicted octanol–water partition coefficient (Wildman–Crippen LogP) is 5.68. The smallest absolute Gasteiger partial charge is 0.392 e. The highest BCUT2D eigenvalue weighted by molar-refractivity contribution is 6.31. The second-order valence-corrected chi connectivity index (χ2v) is 5.06.